The molecule has 3 nitrogen and oxygen atoms in total. The van der Waals surface area contributed by atoms with Gasteiger partial charge in [0.15, 0.2) is 6.10 Å². The first kappa shape index (κ1) is 12.2. The molecule has 7 heteroatoms. The summed E-state index contributed by atoms with van der Waals surface area (Å²) in [4.78, 5) is -0.477. The maximum atomic E-state index is 12.7. The van der Waals surface area contributed by atoms with Crippen LogP contribution in [0, 0.1) is 0 Å². The first-order valence-corrected chi connectivity index (χ1v) is 6.28. The molecule has 0 spiro atoms. The SMILES string of the molecule is O=S(=O)(F)c1ccc2c(c1)CCC(C(F)F)O2. The van der Waals surface area contributed by atoms with Crippen molar-refractivity contribution < 1.29 is 25.8 Å². The zero-order valence-corrected chi connectivity index (χ0v) is 9.38. The molecule has 0 radical (unpaired) electrons. The summed E-state index contributed by atoms with van der Waals surface area (Å²) in [5.41, 5.74) is 0.431. The van der Waals surface area contributed by atoms with Gasteiger partial charge in [-0.3, -0.25) is 0 Å². The van der Waals surface area contributed by atoms with E-state index in [9.17, 15) is 21.1 Å². The molecule has 1 unspecified atom stereocenters. The highest BCUT2D eigenvalue weighted by Crippen LogP contribution is 2.31. The van der Waals surface area contributed by atoms with Crippen molar-refractivity contribution in [3.8, 4) is 5.75 Å². The number of hydrogen-bond acceptors (Lipinski definition) is 3. The minimum Gasteiger partial charge on any atom is -0.484 e. The number of benzene rings is 1. The van der Waals surface area contributed by atoms with Gasteiger partial charge in [0.2, 0.25) is 0 Å². The Morgan fingerprint density at radius 1 is 1.35 bits per heavy atom. The van der Waals surface area contributed by atoms with E-state index in [4.69, 9.17) is 4.74 Å². The summed E-state index contributed by atoms with van der Waals surface area (Å²) in [7, 11) is -4.77. The number of halogens is 3. The molecule has 0 aliphatic carbocycles. The van der Waals surface area contributed by atoms with E-state index in [1.165, 1.54) is 6.07 Å². The molecule has 94 valence electrons. The Morgan fingerprint density at radius 2 is 2.06 bits per heavy atom. The molecule has 0 bridgehead atoms. The molecule has 2 rings (SSSR count). The Labute approximate surface area is 96.4 Å². The van der Waals surface area contributed by atoms with Crippen molar-refractivity contribution >= 4 is 10.2 Å². The number of alkyl halides is 2. The predicted octanol–water partition coefficient (Wildman–Crippen LogP) is 2.30. The quantitative estimate of drug-likeness (QED) is 0.771. The lowest BCUT2D eigenvalue weighted by molar-refractivity contribution is 0.000534. The van der Waals surface area contributed by atoms with Crippen LogP contribution in [0.15, 0.2) is 23.1 Å². The number of hydrogen-bond donors (Lipinski definition) is 0. The van der Waals surface area contributed by atoms with Crippen LogP contribution < -0.4 is 4.74 Å². The number of ether oxygens (including phenoxy) is 1. The molecule has 0 N–H and O–H groups in total. The van der Waals surface area contributed by atoms with Gasteiger partial charge < -0.3 is 4.74 Å². The van der Waals surface area contributed by atoms with Gasteiger partial charge in [-0.25, -0.2) is 8.78 Å². The Morgan fingerprint density at radius 3 is 2.65 bits per heavy atom. The lowest BCUT2D eigenvalue weighted by atomic mass is 10.0. The lowest BCUT2D eigenvalue weighted by Crippen LogP contribution is -2.29. The summed E-state index contributed by atoms with van der Waals surface area (Å²) in [6.07, 6.45) is -3.45. The normalized spacial score (nSPS) is 19.9. The highest BCUT2D eigenvalue weighted by atomic mass is 32.3. The number of rotatable bonds is 2. The smallest absolute Gasteiger partial charge is 0.332 e. The summed E-state index contributed by atoms with van der Waals surface area (Å²) >= 11 is 0. The summed E-state index contributed by atoms with van der Waals surface area (Å²) in [6, 6.07) is 3.32. The van der Waals surface area contributed by atoms with Crippen LogP contribution in [0.2, 0.25) is 0 Å². The van der Waals surface area contributed by atoms with Gasteiger partial charge in [0.1, 0.15) is 5.75 Å². The summed E-state index contributed by atoms with van der Waals surface area (Å²) < 4.78 is 63.8. The van der Waals surface area contributed by atoms with Gasteiger partial charge in [-0.05, 0) is 36.6 Å². The standard InChI is InChI=1S/C10H9F3O3S/c11-10(12)9-3-1-6-5-7(17(13,14)15)2-4-8(6)16-9/h2,4-5,9-10H,1,3H2. The predicted molar refractivity (Wildman–Crippen MR) is 53.5 cm³/mol. The first-order chi connectivity index (χ1) is 7.88. The van der Waals surface area contributed by atoms with E-state index in [0.29, 0.717) is 5.56 Å². The van der Waals surface area contributed by atoms with E-state index in [1.807, 2.05) is 0 Å². The second-order valence-corrected chi connectivity index (χ2v) is 5.08. The van der Waals surface area contributed by atoms with Gasteiger partial charge in [-0.2, -0.15) is 8.42 Å². The third-order valence-electron chi connectivity index (χ3n) is 2.57. The van der Waals surface area contributed by atoms with E-state index < -0.39 is 27.6 Å². The summed E-state index contributed by atoms with van der Waals surface area (Å²) in [5.74, 6) is 0.189. The van der Waals surface area contributed by atoms with Crippen molar-refractivity contribution in [3.05, 3.63) is 23.8 Å². The topological polar surface area (TPSA) is 43.4 Å². The molecule has 1 heterocycles. The minimum absolute atomic E-state index is 0.0838. The molecule has 1 atom stereocenters. The van der Waals surface area contributed by atoms with Crippen LogP contribution in [0.1, 0.15) is 12.0 Å². The molecular weight excluding hydrogens is 257 g/mol. The van der Waals surface area contributed by atoms with E-state index >= 15 is 0 Å². The fourth-order valence-corrected chi connectivity index (χ4v) is 2.23. The molecule has 17 heavy (non-hydrogen) atoms. The van der Waals surface area contributed by atoms with Crippen LogP contribution in [0.3, 0.4) is 0 Å². The first-order valence-electron chi connectivity index (χ1n) is 4.90. The Hall–Kier alpha value is -1.24. The molecule has 1 aliphatic heterocycles. The lowest BCUT2D eigenvalue weighted by Gasteiger charge is -2.25. The highest BCUT2D eigenvalue weighted by molar-refractivity contribution is 7.86. The average molecular weight is 266 g/mol. The summed E-state index contributed by atoms with van der Waals surface area (Å²) in [5, 5.41) is 0. The van der Waals surface area contributed by atoms with Gasteiger partial charge in [0.05, 0.1) is 4.90 Å². The van der Waals surface area contributed by atoms with E-state index in [2.05, 4.69) is 0 Å². The van der Waals surface area contributed by atoms with Crippen molar-refractivity contribution in [2.45, 2.75) is 30.3 Å². The minimum atomic E-state index is -4.77. The second-order valence-electron chi connectivity index (χ2n) is 3.74. The molecule has 0 saturated carbocycles. The van der Waals surface area contributed by atoms with Crippen LogP contribution >= 0.6 is 0 Å². The van der Waals surface area contributed by atoms with Crippen LogP contribution in [0.5, 0.6) is 5.75 Å². The zero-order chi connectivity index (χ0) is 12.6. The van der Waals surface area contributed by atoms with Gasteiger partial charge in [0.25, 0.3) is 6.43 Å². The van der Waals surface area contributed by atoms with Crippen LogP contribution in [-0.4, -0.2) is 20.9 Å². The van der Waals surface area contributed by atoms with Crippen molar-refractivity contribution in [2.24, 2.45) is 0 Å². The van der Waals surface area contributed by atoms with Gasteiger partial charge >= 0.3 is 10.2 Å². The van der Waals surface area contributed by atoms with E-state index in [1.54, 1.807) is 0 Å². The van der Waals surface area contributed by atoms with Crippen molar-refractivity contribution in [3.63, 3.8) is 0 Å². The third-order valence-corrected chi connectivity index (χ3v) is 3.39. The number of fused-ring (bicyclic) bond motifs is 1. The average Bonchev–Trinajstić information content (AvgIpc) is 2.26. The van der Waals surface area contributed by atoms with Gasteiger partial charge in [0, 0.05) is 0 Å². The molecule has 1 aromatic carbocycles. The number of aryl methyl sites for hydroxylation is 1. The molecular formula is C10H9F3O3S. The molecule has 1 aromatic rings. The van der Waals surface area contributed by atoms with E-state index in [0.717, 1.165) is 12.1 Å². The van der Waals surface area contributed by atoms with Crippen molar-refractivity contribution in [2.75, 3.05) is 0 Å². The fraction of sp³-hybridized carbons (Fsp3) is 0.400. The van der Waals surface area contributed by atoms with Gasteiger partial charge in [-0.15, -0.1) is 3.89 Å². The van der Waals surface area contributed by atoms with Crippen molar-refractivity contribution in [1.82, 2.24) is 0 Å². The van der Waals surface area contributed by atoms with Crippen LogP contribution in [-0.2, 0) is 16.6 Å². The second kappa shape index (κ2) is 4.21. The maximum Gasteiger partial charge on any atom is 0.332 e. The fourth-order valence-electron chi connectivity index (χ4n) is 1.72. The monoisotopic (exact) mass is 266 g/mol. The Bertz CT molecular complexity index is 528. The zero-order valence-electron chi connectivity index (χ0n) is 8.57. The molecule has 0 amide bonds. The maximum absolute atomic E-state index is 12.7. The molecule has 0 aromatic heterocycles. The highest BCUT2D eigenvalue weighted by Gasteiger charge is 2.28. The van der Waals surface area contributed by atoms with Gasteiger partial charge in [-0.1, -0.05) is 0 Å². The molecule has 0 saturated heterocycles. The largest absolute Gasteiger partial charge is 0.484 e. The molecule has 1 aliphatic rings. The Balaban J connectivity index is 2.32. The van der Waals surface area contributed by atoms with E-state index in [-0.39, 0.29) is 18.6 Å². The van der Waals surface area contributed by atoms with Crippen LogP contribution in [0.25, 0.3) is 0 Å². The molecule has 0 fully saturated rings. The Kier molecular flexibility index (Phi) is 3.03. The van der Waals surface area contributed by atoms with Crippen molar-refractivity contribution in [1.29, 1.82) is 0 Å². The third kappa shape index (κ3) is 2.54. The van der Waals surface area contributed by atoms with Crippen LogP contribution in [0.4, 0.5) is 12.7 Å². The summed E-state index contributed by atoms with van der Waals surface area (Å²) in [6.45, 7) is 0.